The van der Waals surface area contributed by atoms with E-state index in [0.29, 0.717) is 0 Å². The summed E-state index contributed by atoms with van der Waals surface area (Å²) in [6.45, 7) is 3.76. The SMILES string of the molecule is CC[C@@H](C[C@H]1OC1C)OC(=O)C(CO)c1ccccc1. The summed E-state index contributed by atoms with van der Waals surface area (Å²) in [5.74, 6) is -0.971. The zero-order chi connectivity index (χ0) is 14.5. The lowest BCUT2D eigenvalue weighted by Crippen LogP contribution is -2.26. The summed E-state index contributed by atoms with van der Waals surface area (Å²) in [6, 6.07) is 9.23. The molecule has 1 aliphatic heterocycles. The molecule has 0 amide bonds. The zero-order valence-corrected chi connectivity index (χ0v) is 12.0. The minimum absolute atomic E-state index is 0.143. The highest BCUT2D eigenvalue weighted by Crippen LogP contribution is 2.28. The monoisotopic (exact) mass is 278 g/mol. The van der Waals surface area contributed by atoms with Crippen LogP contribution in [0.1, 0.15) is 38.2 Å². The van der Waals surface area contributed by atoms with E-state index in [9.17, 15) is 9.90 Å². The average Bonchev–Trinajstić information content (AvgIpc) is 3.15. The van der Waals surface area contributed by atoms with Crippen molar-refractivity contribution >= 4 is 5.97 Å². The molecule has 1 N–H and O–H groups in total. The van der Waals surface area contributed by atoms with E-state index in [1.165, 1.54) is 0 Å². The molecule has 110 valence electrons. The number of carbonyl (C=O) groups excluding carboxylic acids is 1. The van der Waals surface area contributed by atoms with Gasteiger partial charge >= 0.3 is 5.97 Å². The fourth-order valence-electron chi connectivity index (χ4n) is 2.28. The molecule has 2 rings (SSSR count). The lowest BCUT2D eigenvalue weighted by atomic mass is 10.00. The van der Waals surface area contributed by atoms with Crippen LogP contribution in [0, 0.1) is 0 Å². The van der Waals surface area contributed by atoms with Gasteiger partial charge in [-0.3, -0.25) is 4.79 Å². The maximum absolute atomic E-state index is 12.2. The van der Waals surface area contributed by atoms with Crippen molar-refractivity contribution in [3.05, 3.63) is 35.9 Å². The molecule has 1 aliphatic rings. The standard InChI is InChI=1S/C16H22O4/c1-3-13(9-15-11(2)19-15)20-16(18)14(10-17)12-7-5-4-6-8-12/h4-8,11,13-15,17H,3,9-10H2,1-2H3/t11?,13-,14?,15+/m0/s1. The van der Waals surface area contributed by atoms with Gasteiger partial charge in [-0.2, -0.15) is 0 Å². The number of hydrogen-bond acceptors (Lipinski definition) is 4. The molecule has 1 aromatic carbocycles. The van der Waals surface area contributed by atoms with Crippen LogP contribution in [0.15, 0.2) is 30.3 Å². The van der Waals surface area contributed by atoms with Crippen molar-refractivity contribution in [3.63, 3.8) is 0 Å². The van der Waals surface area contributed by atoms with E-state index in [4.69, 9.17) is 9.47 Å². The third-order valence-electron chi connectivity index (χ3n) is 3.74. The first-order valence-corrected chi connectivity index (χ1v) is 7.17. The predicted molar refractivity (Wildman–Crippen MR) is 75.4 cm³/mol. The largest absolute Gasteiger partial charge is 0.462 e. The van der Waals surface area contributed by atoms with Crippen LogP contribution < -0.4 is 0 Å². The summed E-state index contributed by atoms with van der Waals surface area (Å²) in [5, 5.41) is 9.45. The van der Waals surface area contributed by atoms with Gasteiger partial charge in [0.2, 0.25) is 0 Å². The summed E-state index contributed by atoms with van der Waals surface area (Å²) in [4.78, 5) is 12.2. The minimum Gasteiger partial charge on any atom is -0.462 e. The molecular formula is C16H22O4. The van der Waals surface area contributed by atoms with Crippen LogP contribution in [-0.4, -0.2) is 36.0 Å². The Kier molecular flexibility index (Phi) is 5.15. The van der Waals surface area contributed by atoms with E-state index in [-0.39, 0.29) is 30.9 Å². The van der Waals surface area contributed by atoms with E-state index in [2.05, 4.69) is 0 Å². The molecule has 20 heavy (non-hydrogen) atoms. The molecule has 1 heterocycles. The molecule has 1 fully saturated rings. The molecule has 0 spiro atoms. The van der Waals surface area contributed by atoms with Gasteiger partial charge in [-0.15, -0.1) is 0 Å². The van der Waals surface area contributed by atoms with Crippen LogP contribution >= 0.6 is 0 Å². The van der Waals surface area contributed by atoms with E-state index < -0.39 is 5.92 Å². The molecule has 4 nitrogen and oxygen atoms in total. The molecule has 0 aliphatic carbocycles. The molecule has 1 saturated heterocycles. The van der Waals surface area contributed by atoms with Crippen molar-refractivity contribution in [2.75, 3.05) is 6.61 Å². The third-order valence-corrected chi connectivity index (χ3v) is 3.74. The summed E-state index contributed by atoms with van der Waals surface area (Å²) in [6.07, 6.45) is 1.82. The molecule has 0 bridgehead atoms. The summed E-state index contributed by atoms with van der Waals surface area (Å²) >= 11 is 0. The Balaban J connectivity index is 1.94. The van der Waals surface area contributed by atoms with Crippen molar-refractivity contribution < 1.29 is 19.4 Å². The number of aliphatic hydroxyl groups is 1. The number of epoxide rings is 1. The maximum Gasteiger partial charge on any atom is 0.316 e. The van der Waals surface area contributed by atoms with Crippen LogP contribution in [0.2, 0.25) is 0 Å². The van der Waals surface area contributed by atoms with Crippen LogP contribution in [-0.2, 0) is 14.3 Å². The van der Waals surface area contributed by atoms with Crippen LogP contribution in [0.3, 0.4) is 0 Å². The number of rotatable bonds is 7. The van der Waals surface area contributed by atoms with Gasteiger partial charge in [-0.05, 0) is 18.9 Å². The van der Waals surface area contributed by atoms with Gasteiger partial charge in [0.1, 0.15) is 12.0 Å². The molecule has 0 radical (unpaired) electrons. The van der Waals surface area contributed by atoms with Crippen LogP contribution in [0.5, 0.6) is 0 Å². The van der Waals surface area contributed by atoms with Crippen LogP contribution in [0.4, 0.5) is 0 Å². The van der Waals surface area contributed by atoms with Crippen molar-refractivity contribution in [3.8, 4) is 0 Å². The Morgan fingerprint density at radius 2 is 2.05 bits per heavy atom. The normalized spacial score (nSPS) is 23.9. The number of carbonyl (C=O) groups is 1. The number of benzene rings is 1. The number of hydrogen-bond donors (Lipinski definition) is 1. The van der Waals surface area contributed by atoms with Gasteiger partial charge in [-0.1, -0.05) is 37.3 Å². The molecule has 0 saturated carbocycles. The van der Waals surface area contributed by atoms with Crippen molar-refractivity contribution in [2.24, 2.45) is 0 Å². The Labute approximate surface area is 119 Å². The fourth-order valence-corrected chi connectivity index (χ4v) is 2.28. The highest BCUT2D eigenvalue weighted by atomic mass is 16.6. The predicted octanol–water partition coefficient (Wildman–Crippen LogP) is 2.26. The average molecular weight is 278 g/mol. The van der Waals surface area contributed by atoms with Crippen molar-refractivity contribution in [1.29, 1.82) is 0 Å². The third kappa shape index (κ3) is 3.81. The van der Waals surface area contributed by atoms with Crippen molar-refractivity contribution in [2.45, 2.75) is 50.9 Å². The molecule has 1 aromatic rings. The molecule has 4 atom stereocenters. The van der Waals surface area contributed by atoms with E-state index in [1.807, 2.05) is 44.2 Å². The molecule has 2 unspecified atom stereocenters. The Bertz CT molecular complexity index is 431. The second-order valence-electron chi connectivity index (χ2n) is 5.23. The van der Waals surface area contributed by atoms with Crippen LogP contribution in [0.25, 0.3) is 0 Å². The van der Waals surface area contributed by atoms with E-state index in [1.54, 1.807) is 0 Å². The Hall–Kier alpha value is -1.39. The van der Waals surface area contributed by atoms with Gasteiger partial charge in [0.15, 0.2) is 0 Å². The van der Waals surface area contributed by atoms with E-state index in [0.717, 1.165) is 18.4 Å². The summed E-state index contributed by atoms with van der Waals surface area (Å²) in [5.41, 5.74) is 0.783. The second kappa shape index (κ2) is 6.86. The zero-order valence-electron chi connectivity index (χ0n) is 12.0. The Morgan fingerprint density at radius 3 is 2.55 bits per heavy atom. The van der Waals surface area contributed by atoms with E-state index >= 15 is 0 Å². The van der Waals surface area contributed by atoms with Gasteiger partial charge in [0.05, 0.1) is 18.8 Å². The summed E-state index contributed by atoms with van der Waals surface area (Å²) in [7, 11) is 0. The van der Waals surface area contributed by atoms with Gasteiger partial charge in [-0.25, -0.2) is 0 Å². The Morgan fingerprint density at radius 1 is 1.40 bits per heavy atom. The highest BCUT2D eigenvalue weighted by molar-refractivity contribution is 5.78. The first kappa shape index (κ1) is 15.0. The first-order valence-electron chi connectivity index (χ1n) is 7.17. The molecular weight excluding hydrogens is 256 g/mol. The lowest BCUT2D eigenvalue weighted by Gasteiger charge is -2.19. The quantitative estimate of drug-likeness (QED) is 0.614. The highest BCUT2D eigenvalue weighted by Gasteiger charge is 2.37. The first-order chi connectivity index (χ1) is 9.65. The number of esters is 1. The maximum atomic E-state index is 12.2. The number of aliphatic hydroxyl groups excluding tert-OH is 1. The minimum atomic E-state index is -0.609. The smallest absolute Gasteiger partial charge is 0.316 e. The topological polar surface area (TPSA) is 59.1 Å². The molecule has 4 heteroatoms. The second-order valence-corrected chi connectivity index (χ2v) is 5.23. The van der Waals surface area contributed by atoms with Crippen molar-refractivity contribution in [1.82, 2.24) is 0 Å². The molecule has 0 aromatic heterocycles. The summed E-state index contributed by atoms with van der Waals surface area (Å²) < 4.78 is 10.9. The van der Waals surface area contributed by atoms with Gasteiger partial charge in [0, 0.05) is 6.42 Å². The van der Waals surface area contributed by atoms with Gasteiger partial charge < -0.3 is 14.6 Å². The fraction of sp³-hybridized carbons (Fsp3) is 0.562. The van der Waals surface area contributed by atoms with Gasteiger partial charge in [0.25, 0.3) is 0 Å². The lowest BCUT2D eigenvalue weighted by molar-refractivity contribution is -0.152. The number of ether oxygens (including phenoxy) is 2.